The van der Waals surface area contributed by atoms with Crippen LogP contribution in [0, 0.1) is 11.8 Å². The largest absolute Gasteiger partial charge is 0.480 e. The number of amides is 1. The summed E-state index contributed by atoms with van der Waals surface area (Å²) in [5.74, 6) is 0.0425. The van der Waals surface area contributed by atoms with E-state index in [4.69, 9.17) is 9.84 Å². The molecular formula is C13H23NO4. The molecule has 0 saturated heterocycles. The molecule has 0 aromatic heterocycles. The summed E-state index contributed by atoms with van der Waals surface area (Å²) in [5.41, 5.74) is -0.612. The van der Waals surface area contributed by atoms with Gasteiger partial charge in [-0.25, -0.2) is 9.59 Å². The zero-order valence-corrected chi connectivity index (χ0v) is 11.5. The maximum atomic E-state index is 11.5. The highest BCUT2D eigenvalue weighted by Gasteiger charge is 2.39. The molecule has 5 heteroatoms. The Labute approximate surface area is 108 Å². The number of alkyl carbamates (subject to hydrolysis) is 1. The second-order valence-electron chi connectivity index (χ2n) is 5.94. The van der Waals surface area contributed by atoms with Crippen LogP contribution >= 0.6 is 0 Å². The van der Waals surface area contributed by atoms with Gasteiger partial charge in [0.15, 0.2) is 0 Å². The zero-order valence-electron chi connectivity index (χ0n) is 11.5. The number of hydrogen-bond acceptors (Lipinski definition) is 3. The van der Waals surface area contributed by atoms with Crippen molar-refractivity contribution < 1.29 is 19.4 Å². The van der Waals surface area contributed by atoms with Crippen LogP contribution in [-0.2, 0) is 9.53 Å². The fraction of sp³-hybridized carbons (Fsp3) is 0.846. The van der Waals surface area contributed by atoms with Crippen molar-refractivity contribution in [3.05, 3.63) is 0 Å². The maximum absolute atomic E-state index is 11.5. The summed E-state index contributed by atoms with van der Waals surface area (Å²) >= 11 is 0. The molecule has 1 unspecified atom stereocenters. The van der Waals surface area contributed by atoms with Crippen LogP contribution in [0.1, 0.15) is 47.0 Å². The molecule has 0 bridgehead atoms. The van der Waals surface area contributed by atoms with Gasteiger partial charge >= 0.3 is 12.1 Å². The molecule has 5 nitrogen and oxygen atoms in total. The van der Waals surface area contributed by atoms with Crippen molar-refractivity contribution in [3.8, 4) is 0 Å². The van der Waals surface area contributed by atoms with Gasteiger partial charge in [-0.1, -0.05) is 13.3 Å². The van der Waals surface area contributed by atoms with Crippen molar-refractivity contribution in [1.29, 1.82) is 0 Å². The first-order valence-corrected chi connectivity index (χ1v) is 6.45. The fourth-order valence-corrected chi connectivity index (χ4v) is 2.07. The zero-order chi connectivity index (χ0) is 13.9. The van der Waals surface area contributed by atoms with Crippen molar-refractivity contribution in [1.82, 2.24) is 5.32 Å². The van der Waals surface area contributed by atoms with E-state index >= 15 is 0 Å². The lowest BCUT2D eigenvalue weighted by atomic mass is 10.1. The van der Waals surface area contributed by atoms with Gasteiger partial charge < -0.3 is 15.2 Å². The molecule has 0 aromatic rings. The van der Waals surface area contributed by atoms with Crippen molar-refractivity contribution in [2.75, 3.05) is 0 Å². The number of carboxylic acid groups (broad SMARTS) is 1. The predicted molar refractivity (Wildman–Crippen MR) is 67.3 cm³/mol. The Kier molecular flexibility index (Phi) is 4.59. The molecule has 1 rings (SSSR count). The van der Waals surface area contributed by atoms with Crippen LogP contribution in [0.3, 0.4) is 0 Å². The third-order valence-electron chi connectivity index (χ3n) is 3.12. The lowest BCUT2D eigenvalue weighted by molar-refractivity contribution is -0.139. The van der Waals surface area contributed by atoms with Gasteiger partial charge in [0.25, 0.3) is 0 Å². The average Bonchev–Trinajstić information content (AvgIpc) is 2.92. The first-order valence-electron chi connectivity index (χ1n) is 6.45. The summed E-state index contributed by atoms with van der Waals surface area (Å²) < 4.78 is 5.06. The van der Waals surface area contributed by atoms with Gasteiger partial charge in [0.2, 0.25) is 0 Å². The van der Waals surface area contributed by atoms with Crippen LogP contribution < -0.4 is 5.32 Å². The highest BCUT2D eigenvalue weighted by atomic mass is 16.6. The normalized spacial score (nSPS) is 24.2. The number of carbonyl (C=O) groups excluding carboxylic acids is 1. The summed E-state index contributed by atoms with van der Waals surface area (Å²) in [6, 6.07) is -0.846. The van der Waals surface area contributed by atoms with Gasteiger partial charge in [-0.05, 0) is 45.4 Å². The summed E-state index contributed by atoms with van der Waals surface area (Å²) in [5, 5.41) is 11.5. The quantitative estimate of drug-likeness (QED) is 0.793. The van der Waals surface area contributed by atoms with Crippen molar-refractivity contribution in [2.45, 2.75) is 58.6 Å². The van der Waals surface area contributed by atoms with E-state index in [1.54, 1.807) is 20.8 Å². The number of nitrogens with one attached hydrogen (secondary N) is 1. The van der Waals surface area contributed by atoms with Crippen LogP contribution in [0.5, 0.6) is 0 Å². The first kappa shape index (κ1) is 14.8. The summed E-state index contributed by atoms with van der Waals surface area (Å²) in [6.45, 7) is 7.34. The minimum Gasteiger partial charge on any atom is -0.480 e. The van der Waals surface area contributed by atoms with Crippen LogP contribution in [0.25, 0.3) is 0 Å². The number of carboxylic acids is 1. The molecule has 1 aliphatic carbocycles. The molecule has 3 atom stereocenters. The Balaban J connectivity index is 2.43. The average molecular weight is 257 g/mol. The number of hydrogen-bond donors (Lipinski definition) is 2. The van der Waals surface area contributed by atoms with E-state index in [0.717, 1.165) is 12.8 Å². The molecule has 2 N–H and O–H groups in total. The third-order valence-corrected chi connectivity index (χ3v) is 3.12. The third kappa shape index (κ3) is 4.94. The molecule has 0 heterocycles. The van der Waals surface area contributed by atoms with E-state index in [1.165, 1.54) is 0 Å². The molecule has 1 saturated carbocycles. The monoisotopic (exact) mass is 257 g/mol. The van der Waals surface area contributed by atoms with Gasteiger partial charge in [0, 0.05) is 0 Å². The number of rotatable bonds is 5. The minimum atomic E-state index is -0.998. The molecule has 0 aliphatic heterocycles. The lowest BCUT2D eigenvalue weighted by Gasteiger charge is -2.22. The number of carbonyl (C=O) groups is 2. The van der Waals surface area contributed by atoms with Crippen molar-refractivity contribution >= 4 is 12.1 Å². The standard InChI is InChI=1S/C13H23NO4/c1-5-8-6-9(8)7-10(11(15)16)14-12(17)18-13(2,3)4/h8-10H,5-7H2,1-4H3,(H,14,17)(H,15,16)/t8-,9+,10?/m1/s1. The van der Waals surface area contributed by atoms with Gasteiger partial charge in [-0.2, -0.15) is 0 Å². The highest BCUT2D eigenvalue weighted by Crippen LogP contribution is 2.44. The van der Waals surface area contributed by atoms with Gasteiger partial charge in [-0.3, -0.25) is 0 Å². The van der Waals surface area contributed by atoms with E-state index in [1.807, 2.05) is 0 Å². The van der Waals surface area contributed by atoms with Crippen LogP contribution in [-0.4, -0.2) is 28.8 Å². The van der Waals surface area contributed by atoms with E-state index < -0.39 is 23.7 Å². The molecule has 0 radical (unpaired) electrons. The van der Waals surface area contributed by atoms with Gasteiger partial charge in [0.1, 0.15) is 11.6 Å². The molecule has 1 amide bonds. The number of aliphatic carboxylic acids is 1. The predicted octanol–water partition coefficient (Wildman–Crippen LogP) is 2.40. The Morgan fingerprint density at radius 3 is 2.39 bits per heavy atom. The van der Waals surface area contributed by atoms with Crippen molar-refractivity contribution in [2.24, 2.45) is 11.8 Å². The SMILES string of the molecule is CC[C@@H]1C[C@H]1CC(NC(=O)OC(C)(C)C)C(=O)O. The molecule has 104 valence electrons. The van der Waals surface area contributed by atoms with Crippen LogP contribution in [0.4, 0.5) is 4.79 Å². The Hall–Kier alpha value is -1.26. The molecular weight excluding hydrogens is 234 g/mol. The lowest BCUT2D eigenvalue weighted by Crippen LogP contribution is -2.43. The Morgan fingerprint density at radius 1 is 1.39 bits per heavy atom. The second kappa shape index (κ2) is 5.59. The van der Waals surface area contributed by atoms with E-state index in [2.05, 4.69) is 12.2 Å². The molecule has 1 aliphatic rings. The van der Waals surface area contributed by atoms with E-state index in [0.29, 0.717) is 18.3 Å². The Bertz CT molecular complexity index is 321. The second-order valence-corrected chi connectivity index (χ2v) is 5.94. The van der Waals surface area contributed by atoms with E-state index in [9.17, 15) is 9.59 Å². The molecule has 0 aromatic carbocycles. The van der Waals surface area contributed by atoms with Crippen molar-refractivity contribution in [3.63, 3.8) is 0 Å². The minimum absolute atomic E-state index is 0.422. The highest BCUT2D eigenvalue weighted by molar-refractivity contribution is 5.80. The molecule has 1 fully saturated rings. The summed E-state index contributed by atoms with van der Waals surface area (Å²) in [6.07, 6.45) is 1.97. The van der Waals surface area contributed by atoms with Gasteiger partial charge in [-0.15, -0.1) is 0 Å². The first-order chi connectivity index (χ1) is 8.23. The Morgan fingerprint density at radius 2 is 2.00 bits per heavy atom. The molecule has 0 spiro atoms. The van der Waals surface area contributed by atoms with Gasteiger partial charge in [0.05, 0.1) is 0 Å². The van der Waals surface area contributed by atoms with Crippen LogP contribution in [0.15, 0.2) is 0 Å². The smallest absolute Gasteiger partial charge is 0.408 e. The van der Waals surface area contributed by atoms with E-state index in [-0.39, 0.29) is 0 Å². The summed E-state index contributed by atoms with van der Waals surface area (Å²) in [4.78, 5) is 22.6. The maximum Gasteiger partial charge on any atom is 0.408 e. The van der Waals surface area contributed by atoms with Crippen LogP contribution in [0.2, 0.25) is 0 Å². The topological polar surface area (TPSA) is 75.6 Å². The number of ether oxygens (including phenoxy) is 1. The molecule has 18 heavy (non-hydrogen) atoms. The summed E-state index contributed by atoms with van der Waals surface area (Å²) in [7, 11) is 0. The fourth-order valence-electron chi connectivity index (χ4n) is 2.07.